The lowest BCUT2D eigenvalue weighted by atomic mass is 9.63. The fourth-order valence-corrected chi connectivity index (χ4v) is 4.55. The number of ether oxygens (including phenoxy) is 2. The van der Waals surface area contributed by atoms with E-state index in [-0.39, 0.29) is 17.5 Å². The second-order valence-electron chi connectivity index (χ2n) is 9.41. The molecule has 0 saturated carbocycles. The molecule has 0 amide bonds. The van der Waals surface area contributed by atoms with Crippen molar-refractivity contribution in [2.24, 2.45) is 10.8 Å². The molecule has 0 saturated heterocycles. The summed E-state index contributed by atoms with van der Waals surface area (Å²) < 4.78 is 11.5. The summed E-state index contributed by atoms with van der Waals surface area (Å²) in [5.41, 5.74) is 1.40. The summed E-state index contributed by atoms with van der Waals surface area (Å²) in [7, 11) is 1.63. The van der Waals surface area contributed by atoms with Gasteiger partial charge in [0.05, 0.1) is 7.11 Å². The first kappa shape index (κ1) is 19.0. The summed E-state index contributed by atoms with van der Waals surface area (Å²) in [6.07, 6.45) is 2.99. The Balaban J connectivity index is 1.91. The zero-order valence-corrected chi connectivity index (χ0v) is 17.3. The highest BCUT2D eigenvalue weighted by Crippen LogP contribution is 2.53. The molecular weight excluding hydrogens is 352 g/mol. The zero-order valence-electron chi connectivity index (χ0n) is 17.3. The van der Waals surface area contributed by atoms with Crippen LogP contribution in [0.3, 0.4) is 0 Å². The van der Waals surface area contributed by atoms with Gasteiger partial charge in [0, 0.05) is 40.7 Å². The number of methoxy groups -OCH3 is 1. The molecule has 1 aromatic carbocycles. The zero-order chi connectivity index (χ0) is 20.3. The lowest BCUT2D eigenvalue weighted by Gasteiger charge is -2.42. The Morgan fingerprint density at radius 2 is 1.32 bits per heavy atom. The lowest BCUT2D eigenvalue weighted by Crippen LogP contribution is -2.41. The predicted octanol–water partition coefficient (Wildman–Crippen LogP) is 5.10. The van der Waals surface area contributed by atoms with Crippen molar-refractivity contribution in [2.75, 3.05) is 7.11 Å². The molecule has 3 aliphatic rings. The van der Waals surface area contributed by atoms with Crippen LogP contribution in [0.15, 0.2) is 46.9 Å². The van der Waals surface area contributed by atoms with Gasteiger partial charge in [0.15, 0.2) is 11.6 Å². The van der Waals surface area contributed by atoms with E-state index in [1.807, 2.05) is 52.0 Å². The molecule has 0 fully saturated rings. The number of carbonyl (C=O) groups is 2. The number of carbonyl (C=O) groups excluding carboxylic acids is 2. The van der Waals surface area contributed by atoms with E-state index in [2.05, 4.69) is 0 Å². The molecule has 4 nitrogen and oxygen atoms in total. The minimum atomic E-state index is -0.446. The molecule has 0 atom stereocenters. The van der Waals surface area contributed by atoms with Crippen molar-refractivity contribution in [1.29, 1.82) is 0 Å². The number of ketones is 2. The third-order valence-electron chi connectivity index (χ3n) is 6.55. The van der Waals surface area contributed by atoms with Crippen molar-refractivity contribution in [1.82, 2.24) is 0 Å². The van der Waals surface area contributed by atoms with E-state index in [1.165, 1.54) is 0 Å². The summed E-state index contributed by atoms with van der Waals surface area (Å²) in [4.78, 5) is 26.9. The first-order chi connectivity index (χ1) is 13.2. The molecule has 0 N–H and O–H groups in total. The molecule has 1 aromatic rings. The maximum atomic E-state index is 13.4. The van der Waals surface area contributed by atoms with E-state index < -0.39 is 10.8 Å². The van der Waals surface area contributed by atoms with E-state index in [1.54, 1.807) is 7.11 Å². The summed E-state index contributed by atoms with van der Waals surface area (Å²) in [6, 6.07) is 7.71. The van der Waals surface area contributed by atoms with Gasteiger partial charge < -0.3 is 9.47 Å². The molecule has 0 radical (unpaired) electrons. The second kappa shape index (κ2) is 6.33. The van der Waals surface area contributed by atoms with Gasteiger partial charge in [0.1, 0.15) is 17.3 Å². The van der Waals surface area contributed by atoms with E-state index in [9.17, 15) is 9.59 Å². The predicted molar refractivity (Wildman–Crippen MR) is 107 cm³/mol. The van der Waals surface area contributed by atoms with Gasteiger partial charge >= 0.3 is 0 Å². The first-order valence-corrected chi connectivity index (χ1v) is 10.0. The Morgan fingerprint density at radius 3 is 1.75 bits per heavy atom. The molecule has 28 heavy (non-hydrogen) atoms. The van der Waals surface area contributed by atoms with E-state index in [4.69, 9.17) is 9.47 Å². The standard InChI is InChI=1S/C24H28O4/c1-23(2)12-10-16-19(21(23)25)18(14-6-8-15(27-5)9-7-14)20-17(28-16)11-13-24(3,4)22(20)26/h6-9,18H,10-13H2,1-5H3. The normalized spacial score (nSPS) is 23.9. The van der Waals surface area contributed by atoms with Crippen LogP contribution >= 0.6 is 0 Å². The van der Waals surface area contributed by atoms with Crippen LogP contribution in [0.2, 0.25) is 0 Å². The Morgan fingerprint density at radius 1 is 0.857 bits per heavy atom. The van der Waals surface area contributed by atoms with Crippen LogP contribution < -0.4 is 4.74 Å². The first-order valence-electron chi connectivity index (χ1n) is 10.0. The van der Waals surface area contributed by atoms with E-state index >= 15 is 0 Å². The molecule has 0 aromatic heterocycles. The quantitative estimate of drug-likeness (QED) is 0.717. The highest BCUT2D eigenvalue weighted by atomic mass is 16.5. The second-order valence-corrected chi connectivity index (χ2v) is 9.41. The monoisotopic (exact) mass is 380 g/mol. The van der Waals surface area contributed by atoms with Gasteiger partial charge in [-0.3, -0.25) is 9.59 Å². The Hall–Kier alpha value is -2.36. The van der Waals surface area contributed by atoms with Crippen LogP contribution in [0.5, 0.6) is 5.75 Å². The minimum Gasteiger partial charge on any atom is -0.497 e. The number of rotatable bonds is 2. The molecule has 1 heterocycles. The molecule has 0 unspecified atom stereocenters. The van der Waals surface area contributed by atoms with Crippen molar-refractivity contribution < 1.29 is 19.1 Å². The molecular formula is C24H28O4. The molecule has 148 valence electrons. The van der Waals surface area contributed by atoms with Gasteiger partial charge in [-0.1, -0.05) is 39.8 Å². The highest BCUT2D eigenvalue weighted by molar-refractivity contribution is 6.09. The largest absolute Gasteiger partial charge is 0.497 e. The summed E-state index contributed by atoms with van der Waals surface area (Å²) >= 11 is 0. The van der Waals surface area contributed by atoms with Gasteiger partial charge in [-0.25, -0.2) is 0 Å². The number of hydrogen-bond acceptors (Lipinski definition) is 4. The molecule has 4 heteroatoms. The van der Waals surface area contributed by atoms with Crippen LogP contribution in [0.1, 0.15) is 64.9 Å². The van der Waals surface area contributed by atoms with Gasteiger partial charge in [-0.2, -0.15) is 0 Å². The fraction of sp³-hybridized carbons (Fsp3) is 0.500. The number of hydrogen-bond donors (Lipinski definition) is 0. The Bertz CT molecular complexity index is 860. The summed E-state index contributed by atoms with van der Waals surface area (Å²) in [5.74, 6) is 2.11. The van der Waals surface area contributed by atoms with Crippen molar-refractivity contribution in [2.45, 2.75) is 59.3 Å². The van der Waals surface area contributed by atoms with Crippen molar-refractivity contribution in [3.8, 4) is 5.75 Å². The van der Waals surface area contributed by atoms with Gasteiger partial charge in [0.2, 0.25) is 0 Å². The third kappa shape index (κ3) is 2.81. The third-order valence-corrected chi connectivity index (χ3v) is 6.55. The van der Waals surface area contributed by atoms with Crippen LogP contribution in [0.25, 0.3) is 0 Å². The number of allylic oxidation sites excluding steroid dienone is 4. The minimum absolute atomic E-state index is 0.0947. The van der Waals surface area contributed by atoms with Crippen molar-refractivity contribution in [3.05, 3.63) is 52.5 Å². The van der Waals surface area contributed by atoms with Gasteiger partial charge in [-0.05, 0) is 30.5 Å². The molecule has 4 rings (SSSR count). The van der Waals surface area contributed by atoms with Crippen LogP contribution in [0.4, 0.5) is 0 Å². The maximum Gasteiger partial charge on any atom is 0.168 e. The van der Waals surface area contributed by atoms with Gasteiger partial charge in [0.25, 0.3) is 0 Å². The fourth-order valence-electron chi connectivity index (χ4n) is 4.55. The van der Waals surface area contributed by atoms with Crippen molar-refractivity contribution in [3.63, 3.8) is 0 Å². The van der Waals surface area contributed by atoms with E-state index in [0.29, 0.717) is 11.1 Å². The van der Waals surface area contributed by atoms with Crippen molar-refractivity contribution >= 4 is 11.6 Å². The number of benzene rings is 1. The van der Waals surface area contributed by atoms with Crippen LogP contribution in [-0.4, -0.2) is 18.7 Å². The van der Waals surface area contributed by atoms with Gasteiger partial charge in [-0.15, -0.1) is 0 Å². The van der Waals surface area contributed by atoms with Crippen LogP contribution in [-0.2, 0) is 14.3 Å². The summed E-state index contributed by atoms with van der Waals surface area (Å²) in [6.45, 7) is 7.95. The Kier molecular flexibility index (Phi) is 4.29. The topological polar surface area (TPSA) is 52.6 Å². The SMILES string of the molecule is COc1ccc(C2C3=C(CCC(C)(C)C3=O)OC3=C2C(=O)C(C)(C)CC3)cc1. The lowest BCUT2D eigenvalue weighted by molar-refractivity contribution is -0.126. The Labute approximate surface area is 166 Å². The highest BCUT2D eigenvalue weighted by Gasteiger charge is 2.49. The maximum absolute atomic E-state index is 13.4. The average Bonchev–Trinajstić information content (AvgIpc) is 2.67. The molecule has 1 aliphatic heterocycles. The van der Waals surface area contributed by atoms with Crippen LogP contribution in [0, 0.1) is 10.8 Å². The molecule has 0 spiro atoms. The molecule has 2 aliphatic carbocycles. The smallest absolute Gasteiger partial charge is 0.168 e. The average molecular weight is 380 g/mol. The summed E-state index contributed by atoms with van der Waals surface area (Å²) in [5, 5.41) is 0. The number of Topliss-reactive ketones (excluding diaryl/α,β-unsaturated/α-hetero) is 2. The van der Waals surface area contributed by atoms with E-state index in [0.717, 1.165) is 48.5 Å². The molecule has 0 bridgehead atoms.